The molecule has 0 fully saturated rings. The second kappa shape index (κ2) is 26.9. The number of nitrogens with two attached hydrogens (primary N) is 6. The maximum absolute atomic E-state index is 13.7. The molecule has 7 atom stereocenters. The first-order chi connectivity index (χ1) is 27.5. The number of primary amides is 1. The zero-order valence-electron chi connectivity index (χ0n) is 32.0. The van der Waals surface area contributed by atoms with E-state index in [1.807, 2.05) is 5.32 Å². The highest BCUT2D eigenvalue weighted by Gasteiger charge is 2.33. The summed E-state index contributed by atoms with van der Waals surface area (Å²) in [5.74, 6) is -12.6. The van der Waals surface area contributed by atoms with Crippen molar-refractivity contribution in [3.8, 4) is 0 Å². The molecule has 0 rings (SSSR count). The molecule has 0 heterocycles. The molecule has 0 spiro atoms. The number of aliphatic imine (C=N–C) groups is 2. The average molecular weight is 847 g/mol. The van der Waals surface area contributed by atoms with Crippen LogP contribution in [-0.2, 0) is 47.9 Å². The Labute approximate surface area is 336 Å². The van der Waals surface area contributed by atoms with Crippen molar-refractivity contribution in [1.29, 1.82) is 0 Å². The van der Waals surface area contributed by atoms with Gasteiger partial charge in [-0.05, 0) is 39.0 Å². The normalized spacial score (nSPS) is 14.2. The van der Waals surface area contributed by atoms with Crippen LogP contribution < -0.4 is 66.3 Å². The van der Waals surface area contributed by atoms with Gasteiger partial charge in [0.25, 0.3) is 0 Å². The molecular formula is C31H54N14O14. The van der Waals surface area contributed by atoms with Gasteiger partial charge >= 0.3 is 17.9 Å². The second-order valence-electron chi connectivity index (χ2n) is 12.8. The molecule has 28 nitrogen and oxygen atoms in total. The Morgan fingerprint density at radius 3 is 1.32 bits per heavy atom. The lowest BCUT2D eigenvalue weighted by atomic mass is 10.1. The minimum absolute atomic E-state index is 0.0315. The summed E-state index contributed by atoms with van der Waals surface area (Å²) in [6, 6.07) is -11.3. The minimum atomic E-state index is -1.91. The molecule has 0 aliphatic carbocycles. The fraction of sp³-hybridized carbons (Fsp3) is 0.613. The molecule has 0 radical (unpaired) electrons. The third-order valence-electron chi connectivity index (χ3n) is 7.76. The van der Waals surface area contributed by atoms with E-state index >= 15 is 0 Å². The molecule has 28 heteroatoms. The van der Waals surface area contributed by atoms with Gasteiger partial charge in [-0.15, -0.1) is 0 Å². The molecule has 332 valence electrons. The summed E-state index contributed by atoms with van der Waals surface area (Å²) >= 11 is 0. The molecule has 0 aromatic heterocycles. The zero-order valence-corrected chi connectivity index (χ0v) is 32.0. The predicted molar refractivity (Wildman–Crippen MR) is 203 cm³/mol. The Kier molecular flexibility index (Phi) is 23.8. The third kappa shape index (κ3) is 22.5. The first-order valence-electron chi connectivity index (χ1n) is 17.7. The number of carbonyl (C=O) groups excluding carboxylic acids is 7. The van der Waals surface area contributed by atoms with Crippen LogP contribution in [0.15, 0.2) is 9.98 Å². The average Bonchev–Trinajstić information content (AvgIpc) is 3.12. The number of aliphatic hydroxyl groups is 1. The van der Waals surface area contributed by atoms with Gasteiger partial charge in [-0.25, -0.2) is 4.79 Å². The van der Waals surface area contributed by atoms with Crippen molar-refractivity contribution in [3.63, 3.8) is 0 Å². The van der Waals surface area contributed by atoms with E-state index in [2.05, 4.69) is 36.6 Å². The van der Waals surface area contributed by atoms with Crippen molar-refractivity contribution >= 4 is 71.2 Å². The Bertz CT molecular complexity index is 1580. The number of nitrogens with zero attached hydrogens (tertiary/aromatic N) is 2. The standard InChI is InChI=1S/C31H54N14O14/c1-13(23(52)41-17(6-7-20(33)47)27(56)44-18(29(58)59)11-22(50)51)40-25(54)15(4-2-8-38-30(34)35)42-26(55)16(5-3-9-39-31(36)37)43-28(57)19(12-46)45-24(53)14(32)10-21(48)49/h13-19,46H,2-12,32H2,1H3,(H2,33,47)(H,40,54)(H,41,52)(H,42,55)(H,43,57)(H,44,56)(H,45,53)(H,48,49)(H,50,51)(H,58,59)(H4,34,35,38)(H4,36,37,39). The van der Waals surface area contributed by atoms with E-state index in [-0.39, 0.29) is 50.7 Å². The van der Waals surface area contributed by atoms with Crippen molar-refractivity contribution in [2.75, 3.05) is 19.7 Å². The summed E-state index contributed by atoms with van der Waals surface area (Å²) in [5, 5.41) is 50.3. The number of rotatable bonds is 29. The number of aliphatic carboxylic acids is 3. The molecule has 7 amide bonds. The number of guanidine groups is 2. The fourth-order valence-electron chi connectivity index (χ4n) is 4.72. The van der Waals surface area contributed by atoms with Gasteiger partial charge in [-0.3, -0.25) is 53.1 Å². The summed E-state index contributed by atoms with van der Waals surface area (Å²) in [4.78, 5) is 131. The van der Waals surface area contributed by atoms with Gasteiger partial charge < -0.3 is 86.7 Å². The van der Waals surface area contributed by atoms with Crippen LogP contribution in [0.1, 0.15) is 58.3 Å². The molecule has 0 aromatic rings. The Morgan fingerprint density at radius 1 is 0.525 bits per heavy atom. The summed E-state index contributed by atoms with van der Waals surface area (Å²) in [6.07, 6.45) is -3.02. The number of carbonyl (C=O) groups is 10. The summed E-state index contributed by atoms with van der Waals surface area (Å²) in [7, 11) is 0. The summed E-state index contributed by atoms with van der Waals surface area (Å²) in [6.45, 7) is 0.0884. The summed E-state index contributed by atoms with van der Waals surface area (Å²) in [5.41, 5.74) is 32.1. The van der Waals surface area contributed by atoms with E-state index in [0.29, 0.717) is 0 Å². The Balaban J connectivity index is 6.32. The van der Waals surface area contributed by atoms with E-state index < -0.39 is 134 Å². The van der Waals surface area contributed by atoms with E-state index in [0.717, 1.165) is 6.92 Å². The van der Waals surface area contributed by atoms with Crippen molar-refractivity contribution < 1.29 is 68.4 Å². The van der Waals surface area contributed by atoms with Crippen LogP contribution in [-0.4, -0.2) is 154 Å². The van der Waals surface area contributed by atoms with Gasteiger partial charge in [0.15, 0.2) is 11.9 Å². The van der Waals surface area contributed by atoms with Gasteiger partial charge in [0.1, 0.15) is 36.3 Å². The molecule has 7 unspecified atom stereocenters. The molecule has 0 bridgehead atoms. The van der Waals surface area contributed by atoms with Crippen LogP contribution in [0, 0.1) is 0 Å². The van der Waals surface area contributed by atoms with E-state index in [1.54, 1.807) is 0 Å². The van der Waals surface area contributed by atoms with Gasteiger partial charge in [-0.2, -0.15) is 0 Å². The first-order valence-corrected chi connectivity index (χ1v) is 17.7. The number of hydrogen-bond acceptors (Lipinski definition) is 14. The molecule has 0 saturated heterocycles. The molecule has 0 aliphatic heterocycles. The third-order valence-corrected chi connectivity index (χ3v) is 7.76. The van der Waals surface area contributed by atoms with E-state index in [9.17, 15) is 58.2 Å². The highest BCUT2D eigenvalue weighted by molar-refractivity contribution is 5.97. The lowest BCUT2D eigenvalue weighted by molar-refractivity contribution is -0.147. The number of carboxylic acid groups (broad SMARTS) is 3. The van der Waals surface area contributed by atoms with Crippen LogP contribution in [0.4, 0.5) is 0 Å². The van der Waals surface area contributed by atoms with Crippen molar-refractivity contribution in [1.82, 2.24) is 31.9 Å². The lowest BCUT2D eigenvalue weighted by Gasteiger charge is -2.26. The highest BCUT2D eigenvalue weighted by atomic mass is 16.4. The molecular weight excluding hydrogens is 792 g/mol. The van der Waals surface area contributed by atoms with Gasteiger partial charge in [0.2, 0.25) is 41.4 Å². The molecule has 22 N–H and O–H groups in total. The largest absolute Gasteiger partial charge is 0.481 e. The van der Waals surface area contributed by atoms with Crippen LogP contribution in [0.5, 0.6) is 0 Å². The van der Waals surface area contributed by atoms with Gasteiger partial charge in [0, 0.05) is 19.5 Å². The Morgan fingerprint density at radius 2 is 0.915 bits per heavy atom. The van der Waals surface area contributed by atoms with Gasteiger partial charge in [-0.1, -0.05) is 0 Å². The molecule has 0 aliphatic rings. The van der Waals surface area contributed by atoms with Crippen LogP contribution in [0.25, 0.3) is 0 Å². The minimum Gasteiger partial charge on any atom is -0.481 e. The monoisotopic (exact) mass is 846 g/mol. The lowest BCUT2D eigenvalue weighted by Crippen LogP contribution is -2.60. The quantitative estimate of drug-likeness (QED) is 0.0189. The van der Waals surface area contributed by atoms with E-state index in [1.165, 1.54) is 0 Å². The predicted octanol–water partition coefficient (Wildman–Crippen LogP) is -8.36. The van der Waals surface area contributed by atoms with Gasteiger partial charge in [0.05, 0.1) is 25.5 Å². The first kappa shape index (κ1) is 52.2. The highest BCUT2D eigenvalue weighted by Crippen LogP contribution is 2.07. The van der Waals surface area contributed by atoms with Crippen molar-refractivity contribution in [3.05, 3.63) is 0 Å². The summed E-state index contributed by atoms with van der Waals surface area (Å²) < 4.78 is 0. The molecule has 0 saturated carbocycles. The van der Waals surface area contributed by atoms with Crippen molar-refractivity contribution in [2.24, 2.45) is 44.4 Å². The fourth-order valence-corrected chi connectivity index (χ4v) is 4.72. The van der Waals surface area contributed by atoms with Crippen LogP contribution >= 0.6 is 0 Å². The number of carboxylic acids is 3. The maximum atomic E-state index is 13.7. The van der Waals surface area contributed by atoms with Crippen LogP contribution in [0.3, 0.4) is 0 Å². The number of hydrogen-bond donors (Lipinski definition) is 16. The smallest absolute Gasteiger partial charge is 0.326 e. The van der Waals surface area contributed by atoms with E-state index in [4.69, 9.17) is 44.6 Å². The Hall–Kier alpha value is -6.84. The van der Waals surface area contributed by atoms with Crippen LogP contribution in [0.2, 0.25) is 0 Å². The van der Waals surface area contributed by atoms with Crippen molar-refractivity contribution in [2.45, 2.75) is 101 Å². The number of nitrogens with one attached hydrogen (secondary N) is 6. The maximum Gasteiger partial charge on any atom is 0.326 e. The topological polar surface area (TPSA) is 505 Å². The zero-order chi connectivity index (χ0) is 45.4. The molecule has 59 heavy (non-hydrogen) atoms. The second-order valence-corrected chi connectivity index (χ2v) is 12.8. The molecule has 0 aromatic carbocycles. The SMILES string of the molecule is CC(NC(=O)C(CCCN=C(N)N)NC(=O)C(CCCN=C(N)N)NC(=O)C(CO)NC(=O)C(N)CC(=O)O)C(=O)NC(CCC(N)=O)C(=O)NC(CC(=O)O)C(=O)O. The number of amides is 7. The number of aliphatic hydroxyl groups excluding tert-OH is 1.